The highest BCUT2D eigenvalue weighted by molar-refractivity contribution is 5.03. The molecule has 0 saturated carbocycles. The van der Waals surface area contributed by atoms with Gasteiger partial charge >= 0.3 is 0 Å². The topological polar surface area (TPSA) is 0 Å². The molecule has 0 nitrogen and oxygen atoms in total. The van der Waals surface area contributed by atoms with Crippen molar-refractivity contribution in [2.75, 3.05) is 0 Å². The predicted octanol–water partition coefficient (Wildman–Crippen LogP) is 4.02. The summed E-state index contributed by atoms with van der Waals surface area (Å²) in [5.74, 6) is 2.61. The standard InChI is InChI=1S/C12H22/c1-9-5-6-11(3)12(4)8-7-10(9)2/h5,10-12H,6-8H2,1-4H3/b9-5-. The predicted molar refractivity (Wildman–Crippen MR) is 55.1 cm³/mol. The fourth-order valence-corrected chi connectivity index (χ4v) is 1.83. The Morgan fingerprint density at radius 1 is 1.08 bits per heavy atom. The fraction of sp³-hybridized carbons (Fsp3) is 0.833. The van der Waals surface area contributed by atoms with Crippen molar-refractivity contribution in [2.45, 2.75) is 47.0 Å². The zero-order valence-corrected chi connectivity index (χ0v) is 8.93. The van der Waals surface area contributed by atoms with E-state index in [0.717, 1.165) is 17.8 Å². The molecular weight excluding hydrogens is 144 g/mol. The smallest absolute Gasteiger partial charge is 0.0234 e. The van der Waals surface area contributed by atoms with E-state index in [1.807, 2.05) is 0 Å². The lowest BCUT2D eigenvalue weighted by atomic mass is 9.81. The van der Waals surface area contributed by atoms with Gasteiger partial charge in [0.2, 0.25) is 0 Å². The summed E-state index contributed by atoms with van der Waals surface area (Å²) in [5, 5.41) is 0. The highest BCUT2D eigenvalue weighted by atomic mass is 14.2. The molecule has 12 heavy (non-hydrogen) atoms. The van der Waals surface area contributed by atoms with Gasteiger partial charge in [0.05, 0.1) is 0 Å². The minimum absolute atomic E-state index is 0.819. The molecule has 1 aliphatic rings. The Morgan fingerprint density at radius 2 is 1.75 bits per heavy atom. The summed E-state index contributed by atoms with van der Waals surface area (Å²) in [6, 6.07) is 0. The maximum atomic E-state index is 2.45. The van der Waals surface area contributed by atoms with Crippen LogP contribution in [0.1, 0.15) is 47.0 Å². The van der Waals surface area contributed by atoms with Gasteiger partial charge in [0, 0.05) is 0 Å². The maximum Gasteiger partial charge on any atom is -0.0234 e. The van der Waals surface area contributed by atoms with Crippen LogP contribution in [0.2, 0.25) is 0 Å². The molecule has 70 valence electrons. The van der Waals surface area contributed by atoms with Crippen molar-refractivity contribution in [1.29, 1.82) is 0 Å². The molecule has 0 heterocycles. The lowest BCUT2D eigenvalue weighted by molar-refractivity contribution is 0.332. The molecule has 3 unspecified atom stereocenters. The highest BCUT2D eigenvalue weighted by Crippen LogP contribution is 2.29. The molecule has 0 amide bonds. The van der Waals surface area contributed by atoms with Crippen molar-refractivity contribution < 1.29 is 0 Å². The van der Waals surface area contributed by atoms with E-state index < -0.39 is 0 Å². The lowest BCUT2D eigenvalue weighted by Gasteiger charge is -2.24. The van der Waals surface area contributed by atoms with Crippen LogP contribution in [0.25, 0.3) is 0 Å². The molecule has 0 radical (unpaired) electrons. The summed E-state index contributed by atoms with van der Waals surface area (Å²) in [6.07, 6.45) is 6.53. The second-order valence-electron chi connectivity index (χ2n) is 4.62. The first-order chi connectivity index (χ1) is 5.61. The van der Waals surface area contributed by atoms with Crippen molar-refractivity contribution >= 4 is 0 Å². The number of hydrogen-bond acceptors (Lipinski definition) is 0. The van der Waals surface area contributed by atoms with Crippen LogP contribution in [0.4, 0.5) is 0 Å². The van der Waals surface area contributed by atoms with Gasteiger partial charge in [-0.2, -0.15) is 0 Å². The summed E-state index contributed by atoms with van der Waals surface area (Å²) < 4.78 is 0. The Morgan fingerprint density at radius 3 is 2.42 bits per heavy atom. The largest absolute Gasteiger partial charge is 0.0851 e. The summed E-state index contributed by atoms with van der Waals surface area (Å²) in [4.78, 5) is 0. The molecule has 0 aliphatic heterocycles. The van der Waals surface area contributed by atoms with E-state index in [0.29, 0.717) is 0 Å². The molecule has 0 heteroatoms. The number of allylic oxidation sites excluding steroid dienone is 2. The van der Waals surface area contributed by atoms with Gasteiger partial charge in [-0.15, -0.1) is 0 Å². The molecule has 0 bridgehead atoms. The van der Waals surface area contributed by atoms with Crippen LogP contribution in [-0.4, -0.2) is 0 Å². The van der Waals surface area contributed by atoms with Crippen LogP contribution in [0.3, 0.4) is 0 Å². The third-order valence-corrected chi connectivity index (χ3v) is 3.62. The van der Waals surface area contributed by atoms with Gasteiger partial charge in [0.25, 0.3) is 0 Å². The van der Waals surface area contributed by atoms with E-state index in [1.165, 1.54) is 19.3 Å². The minimum atomic E-state index is 0.819. The van der Waals surface area contributed by atoms with Gasteiger partial charge in [-0.3, -0.25) is 0 Å². The lowest BCUT2D eigenvalue weighted by Crippen LogP contribution is -2.12. The summed E-state index contributed by atoms with van der Waals surface area (Å²) in [7, 11) is 0. The third kappa shape index (κ3) is 2.36. The SMILES string of the molecule is C/C1=C/CC(C)C(C)CCC1C. The first-order valence-corrected chi connectivity index (χ1v) is 5.28. The first-order valence-electron chi connectivity index (χ1n) is 5.28. The van der Waals surface area contributed by atoms with Crippen LogP contribution < -0.4 is 0 Å². The zero-order valence-electron chi connectivity index (χ0n) is 8.93. The van der Waals surface area contributed by atoms with Gasteiger partial charge in [0.1, 0.15) is 0 Å². The van der Waals surface area contributed by atoms with Crippen LogP contribution in [0.5, 0.6) is 0 Å². The summed E-state index contributed by atoms with van der Waals surface area (Å²) in [6.45, 7) is 9.41. The Bertz CT molecular complexity index is 167. The van der Waals surface area contributed by atoms with Crippen molar-refractivity contribution in [3.05, 3.63) is 11.6 Å². The van der Waals surface area contributed by atoms with Gasteiger partial charge in [0.15, 0.2) is 0 Å². The highest BCUT2D eigenvalue weighted by Gasteiger charge is 2.16. The first kappa shape index (κ1) is 9.83. The summed E-state index contributed by atoms with van der Waals surface area (Å²) >= 11 is 0. The van der Waals surface area contributed by atoms with Gasteiger partial charge in [-0.25, -0.2) is 0 Å². The van der Waals surface area contributed by atoms with E-state index >= 15 is 0 Å². The third-order valence-electron chi connectivity index (χ3n) is 3.62. The van der Waals surface area contributed by atoms with Gasteiger partial charge < -0.3 is 0 Å². The Labute approximate surface area is 77.1 Å². The van der Waals surface area contributed by atoms with E-state index in [4.69, 9.17) is 0 Å². The second kappa shape index (κ2) is 4.11. The molecule has 0 aromatic rings. The molecule has 0 fully saturated rings. The average molecular weight is 166 g/mol. The van der Waals surface area contributed by atoms with Crippen molar-refractivity contribution in [3.63, 3.8) is 0 Å². The van der Waals surface area contributed by atoms with Crippen LogP contribution in [-0.2, 0) is 0 Å². The van der Waals surface area contributed by atoms with Crippen LogP contribution in [0.15, 0.2) is 11.6 Å². The second-order valence-corrected chi connectivity index (χ2v) is 4.62. The molecule has 0 spiro atoms. The van der Waals surface area contributed by atoms with Crippen molar-refractivity contribution in [1.82, 2.24) is 0 Å². The van der Waals surface area contributed by atoms with Crippen molar-refractivity contribution in [3.8, 4) is 0 Å². The molecule has 0 saturated heterocycles. The van der Waals surface area contributed by atoms with Gasteiger partial charge in [-0.1, -0.05) is 32.4 Å². The summed E-state index contributed by atoms with van der Waals surface area (Å²) in [5.41, 5.74) is 1.61. The maximum absolute atomic E-state index is 2.45. The molecule has 0 aromatic carbocycles. The molecular formula is C12H22. The Hall–Kier alpha value is -0.260. The molecule has 1 rings (SSSR count). The van der Waals surface area contributed by atoms with E-state index in [1.54, 1.807) is 5.57 Å². The molecule has 0 aromatic heterocycles. The average Bonchev–Trinajstić information content (AvgIpc) is 2.07. The molecule has 1 aliphatic carbocycles. The van der Waals surface area contributed by atoms with Crippen LogP contribution in [0, 0.1) is 17.8 Å². The Kier molecular flexibility index (Phi) is 3.37. The molecule has 3 atom stereocenters. The Balaban J connectivity index is 2.62. The number of rotatable bonds is 0. The monoisotopic (exact) mass is 166 g/mol. The van der Waals surface area contributed by atoms with E-state index in [9.17, 15) is 0 Å². The van der Waals surface area contributed by atoms with E-state index in [2.05, 4.69) is 33.8 Å². The zero-order chi connectivity index (χ0) is 9.14. The van der Waals surface area contributed by atoms with Gasteiger partial charge in [-0.05, 0) is 43.9 Å². The fourth-order valence-electron chi connectivity index (χ4n) is 1.83. The minimum Gasteiger partial charge on any atom is -0.0851 e. The quantitative estimate of drug-likeness (QED) is 0.477. The molecule has 0 N–H and O–H groups in total. The van der Waals surface area contributed by atoms with E-state index in [-0.39, 0.29) is 0 Å². The van der Waals surface area contributed by atoms with Crippen LogP contribution >= 0.6 is 0 Å². The number of hydrogen-bond donors (Lipinski definition) is 0. The normalized spacial score (nSPS) is 42.7. The van der Waals surface area contributed by atoms with Crippen molar-refractivity contribution in [2.24, 2.45) is 17.8 Å².